The van der Waals surface area contributed by atoms with Gasteiger partial charge < -0.3 is 15.0 Å². The summed E-state index contributed by atoms with van der Waals surface area (Å²) < 4.78 is 0. The highest BCUT2D eigenvalue weighted by Gasteiger charge is 2.26. The summed E-state index contributed by atoms with van der Waals surface area (Å²) in [4.78, 5) is 26.4. The molecule has 1 amide bonds. The molecule has 18 heavy (non-hydrogen) atoms. The number of nitrogens with zero attached hydrogens (tertiary/aromatic N) is 2. The van der Waals surface area contributed by atoms with Gasteiger partial charge in [0.25, 0.3) is 5.91 Å². The number of alkyl halides is 1. The second-order valence-electron chi connectivity index (χ2n) is 4.40. The number of hydrogen-bond donors (Lipinski definition) is 1. The Balaban J connectivity index is 2.01. The highest BCUT2D eigenvalue weighted by Crippen LogP contribution is 2.21. The van der Waals surface area contributed by atoms with Gasteiger partial charge in [-0.1, -0.05) is 15.9 Å². The van der Waals surface area contributed by atoms with Crippen molar-refractivity contribution in [1.82, 2.24) is 9.88 Å². The van der Waals surface area contributed by atoms with E-state index in [9.17, 15) is 14.9 Å². The predicted molar refractivity (Wildman–Crippen MR) is 69.9 cm³/mol. The number of carbonyl (C=O) groups is 1. The molecule has 1 N–H and O–H groups in total. The fourth-order valence-electron chi connectivity index (χ4n) is 2.08. The minimum atomic E-state index is -0.534. The van der Waals surface area contributed by atoms with Crippen molar-refractivity contribution >= 4 is 27.7 Å². The number of carbonyl (C=O) groups excluding carboxylic acids is 1. The van der Waals surface area contributed by atoms with Crippen molar-refractivity contribution in [1.29, 1.82) is 0 Å². The van der Waals surface area contributed by atoms with Crippen molar-refractivity contribution in [2.75, 3.05) is 18.4 Å². The third kappa shape index (κ3) is 2.72. The van der Waals surface area contributed by atoms with E-state index in [1.54, 1.807) is 4.90 Å². The number of nitrogens with one attached hydrogen (secondary N) is 1. The van der Waals surface area contributed by atoms with Crippen LogP contribution >= 0.6 is 15.9 Å². The molecule has 1 fully saturated rings. The lowest BCUT2D eigenvalue weighted by atomic mass is 9.99. The van der Waals surface area contributed by atoms with Crippen LogP contribution in [0.3, 0.4) is 0 Å². The molecule has 6 nitrogen and oxygen atoms in total. The number of amides is 1. The molecule has 7 heteroatoms. The maximum absolute atomic E-state index is 12.1. The molecule has 1 aliphatic heterocycles. The lowest BCUT2D eigenvalue weighted by Gasteiger charge is -2.30. The number of rotatable bonds is 3. The van der Waals surface area contributed by atoms with E-state index in [0.29, 0.717) is 24.7 Å². The van der Waals surface area contributed by atoms with E-state index in [0.717, 1.165) is 18.2 Å². The van der Waals surface area contributed by atoms with Gasteiger partial charge in [0.15, 0.2) is 5.69 Å². The quantitative estimate of drug-likeness (QED) is 0.527. The van der Waals surface area contributed by atoms with Gasteiger partial charge in [0.05, 0.1) is 0 Å². The van der Waals surface area contributed by atoms with Crippen molar-refractivity contribution < 1.29 is 9.72 Å². The van der Waals surface area contributed by atoms with Crippen LogP contribution in [0, 0.1) is 16.0 Å². The van der Waals surface area contributed by atoms with Crippen LogP contribution in [0.15, 0.2) is 12.1 Å². The van der Waals surface area contributed by atoms with Crippen LogP contribution in [-0.2, 0) is 0 Å². The number of aromatic nitrogens is 1. The highest BCUT2D eigenvalue weighted by atomic mass is 79.9. The summed E-state index contributed by atoms with van der Waals surface area (Å²) in [5.41, 5.74) is 0.291. The Morgan fingerprint density at radius 2 is 2.17 bits per heavy atom. The maximum atomic E-state index is 12.1. The summed E-state index contributed by atoms with van der Waals surface area (Å²) in [6.45, 7) is 1.42. The van der Waals surface area contributed by atoms with E-state index < -0.39 is 4.92 Å². The van der Waals surface area contributed by atoms with Gasteiger partial charge in [0.1, 0.15) is 0 Å². The first kappa shape index (κ1) is 13.1. The van der Waals surface area contributed by atoms with E-state index in [-0.39, 0.29) is 11.7 Å². The van der Waals surface area contributed by atoms with Crippen molar-refractivity contribution in [2.24, 2.45) is 5.92 Å². The zero-order valence-electron chi connectivity index (χ0n) is 9.76. The van der Waals surface area contributed by atoms with Gasteiger partial charge >= 0.3 is 5.82 Å². The predicted octanol–water partition coefficient (Wildman–Crippen LogP) is 2.17. The molecular weight excluding hydrogens is 302 g/mol. The average molecular weight is 316 g/mol. The molecule has 2 heterocycles. The second-order valence-corrected chi connectivity index (χ2v) is 5.05. The molecule has 1 saturated heterocycles. The van der Waals surface area contributed by atoms with Crippen molar-refractivity contribution in [2.45, 2.75) is 12.8 Å². The van der Waals surface area contributed by atoms with Crippen molar-refractivity contribution in [3.63, 3.8) is 0 Å². The minimum Gasteiger partial charge on any atom is -0.358 e. The van der Waals surface area contributed by atoms with Crippen LogP contribution in [0.1, 0.15) is 23.3 Å². The molecule has 0 spiro atoms. The second kappa shape index (κ2) is 5.51. The SMILES string of the molecule is O=C(c1ccc([N+](=O)[O-])[nH]1)N1CCC(CBr)CC1. The van der Waals surface area contributed by atoms with E-state index in [1.807, 2.05) is 0 Å². The Morgan fingerprint density at radius 1 is 1.50 bits per heavy atom. The third-order valence-electron chi connectivity index (χ3n) is 3.22. The molecule has 1 aliphatic rings. The van der Waals surface area contributed by atoms with Crippen molar-refractivity contribution in [3.8, 4) is 0 Å². The van der Waals surface area contributed by atoms with Crippen molar-refractivity contribution in [3.05, 3.63) is 27.9 Å². The molecule has 0 radical (unpaired) electrons. The summed E-state index contributed by atoms with van der Waals surface area (Å²) >= 11 is 3.45. The van der Waals surface area contributed by atoms with Gasteiger partial charge in [0.2, 0.25) is 0 Å². The summed E-state index contributed by atoms with van der Waals surface area (Å²) in [5.74, 6) is 0.317. The van der Waals surface area contributed by atoms with E-state index in [1.165, 1.54) is 12.1 Å². The number of H-pyrrole nitrogens is 1. The Hall–Kier alpha value is -1.37. The highest BCUT2D eigenvalue weighted by molar-refractivity contribution is 9.09. The molecule has 0 saturated carbocycles. The number of likely N-dealkylation sites (tertiary alicyclic amines) is 1. The van der Waals surface area contributed by atoms with Crippen LogP contribution in [0.5, 0.6) is 0 Å². The standard InChI is InChI=1S/C11H14BrN3O3/c12-7-8-3-5-14(6-4-8)11(16)9-1-2-10(13-9)15(17)18/h1-2,8,13H,3-7H2. The molecule has 0 atom stereocenters. The topological polar surface area (TPSA) is 79.2 Å². The Kier molecular flexibility index (Phi) is 4.00. The molecule has 0 aliphatic carbocycles. The fraction of sp³-hybridized carbons (Fsp3) is 0.545. The van der Waals surface area contributed by atoms with E-state index in [4.69, 9.17) is 0 Å². The molecule has 1 aromatic heterocycles. The molecule has 0 bridgehead atoms. The smallest absolute Gasteiger partial charge is 0.321 e. The molecule has 98 valence electrons. The fourth-order valence-corrected chi connectivity index (χ4v) is 2.72. The van der Waals surface area contributed by atoms with Gasteiger partial charge in [-0.05, 0) is 29.7 Å². The number of piperidine rings is 1. The lowest BCUT2D eigenvalue weighted by Crippen LogP contribution is -2.38. The van der Waals surface area contributed by atoms with Gasteiger partial charge in [-0.2, -0.15) is 0 Å². The van der Waals surface area contributed by atoms with E-state index >= 15 is 0 Å². The van der Waals surface area contributed by atoms with Gasteiger partial charge in [0, 0.05) is 24.5 Å². The third-order valence-corrected chi connectivity index (χ3v) is 4.13. The average Bonchev–Trinajstić information content (AvgIpc) is 2.88. The normalized spacial score (nSPS) is 16.8. The molecular formula is C11H14BrN3O3. The molecule has 0 unspecified atom stereocenters. The first-order valence-corrected chi connectivity index (χ1v) is 6.92. The number of nitro groups is 1. The first-order valence-electron chi connectivity index (χ1n) is 5.80. The molecule has 1 aromatic rings. The molecule has 2 rings (SSSR count). The van der Waals surface area contributed by atoms with Crippen LogP contribution in [-0.4, -0.2) is 39.1 Å². The number of halogens is 1. The summed E-state index contributed by atoms with van der Waals surface area (Å²) in [5, 5.41) is 11.5. The maximum Gasteiger partial charge on any atom is 0.321 e. The van der Waals surface area contributed by atoms with E-state index in [2.05, 4.69) is 20.9 Å². The Labute approximate surface area is 113 Å². The zero-order valence-corrected chi connectivity index (χ0v) is 11.4. The van der Waals surface area contributed by atoms with Crippen LogP contribution in [0.25, 0.3) is 0 Å². The number of aromatic amines is 1. The minimum absolute atomic E-state index is 0.145. The zero-order chi connectivity index (χ0) is 13.1. The molecule has 0 aromatic carbocycles. The Bertz CT molecular complexity index is 452. The van der Waals surface area contributed by atoms with Gasteiger partial charge in [-0.3, -0.25) is 4.79 Å². The first-order chi connectivity index (χ1) is 8.61. The van der Waals surface area contributed by atoms with Gasteiger partial charge in [-0.15, -0.1) is 0 Å². The summed E-state index contributed by atoms with van der Waals surface area (Å²) in [6, 6.07) is 2.79. The van der Waals surface area contributed by atoms with Crippen LogP contribution in [0.4, 0.5) is 5.82 Å². The number of hydrogen-bond acceptors (Lipinski definition) is 3. The van der Waals surface area contributed by atoms with Crippen LogP contribution < -0.4 is 0 Å². The summed E-state index contributed by atoms with van der Waals surface area (Å²) in [7, 11) is 0. The van der Waals surface area contributed by atoms with Gasteiger partial charge in [-0.25, -0.2) is 4.98 Å². The lowest BCUT2D eigenvalue weighted by molar-refractivity contribution is -0.389. The largest absolute Gasteiger partial charge is 0.358 e. The Morgan fingerprint density at radius 3 is 2.67 bits per heavy atom. The van der Waals surface area contributed by atoms with Crippen LogP contribution in [0.2, 0.25) is 0 Å². The monoisotopic (exact) mass is 315 g/mol. The summed E-state index contributed by atoms with van der Waals surface area (Å²) in [6.07, 6.45) is 1.94.